The number of aryl methyl sites for hydroxylation is 1. The minimum atomic E-state index is -0.353. The number of carbonyl (C=O) groups excluding carboxylic acids is 1. The number of hydrogen-bond donors (Lipinski definition) is 1. The van der Waals surface area contributed by atoms with Crippen molar-refractivity contribution in [1.29, 1.82) is 5.26 Å². The number of para-hydroxylation sites is 1. The standard InChI is InChI=1S/C18H21N5O/c1-4-5-10-23(3)17-11-16(20-13(2)21-17)18(24)22-15-9-7-6-8-14(15)12-19/h6-9,11H,4-5,10H2,1-3H3,(H,22,24). The third kappa shape index (κ3) is 4.29. The van der Waals surface area contributed by atoms with Crippen molar-refractivity contribution >= 4 is 17.4 Å². The zero-order valence-corrected chi connectivity index (χ0v) is 14.2. The molecule has 2 aromatic rings. The van der Waals surface area contributed by atoms with Crippen LogP contribution in [-0.4, -0.2) is 29.5 Å². The second-order valence-electron chi connectivity index (χ2n) is 5.55. The van der Waals surface area contributed by atoms with Crippen molar-refractivity contribution in [2.45, 2.75) is 26.7 Å². The average molecular weight is 323 g/mol. The topological polar surface area (TPSA) is 81.9 Å². The fraction of sp³-hybridized carbons (Fsp3) is 0.333. The molecule has 6 heteroatoms. The van der Waals surface area contributed by atoms with E-state index in [0.29, 0.717) is 17.1 Å². The molecule has 0 aliphatic carbocycles. The number of hydrogen-bond acceptors (Lipinski definition) is 5. The van der Waals surface area contributed by atoms with E-state index in [1.165, 1.54) is 0 Å². The summed E-state index contributed by atoms with van der Waals surface area (Å²) in [6.45, 7) is 4.76. The number of aromatic nitrogens is 2. The van der Waals surface area contributed by atoms with E-state index >= 15 is 0 Å². The molecule has 0 bridgehead atoms. The smallest absolute Gasteiger partial charge is 0.274 e. The lowest BCUT2D eigenvalue weighted by Gasteiger charge is -2.18. The van der Waals surface area contributed by atoms with Crippen molar-refractivity contribution in [2.24, 2.45) is 0 Å². The molecule has 0 radical (unpaired) electrons. The van der Waals surface area contributed by atoms with Crippen molar-refractivity contribution in [3.63, 3.8) is 0 Å². The van der Waals surface area contributed by atoms with Crippen LogP contribution in [0.5, 0.6) is 0 Å². The van der Waals surface area contributed by atoms with Crippen molar-refractivity contribution in [1.82, 2.24) is 9.97 Å². The Kier molecular flexibility index (Phi) is 5.85. The summed E-state index contributed by atoms with van der Waals surface area (Å²) in [5.74, 6) is 0.901. The third-order valence-corrected chi connectivity index (χ3v) is 3.59. The predicted molar refractivity (Wildman–Crippen MR) is 94.1 cm³/mol. The van der Waals surface area contributed by atoms with Gasteiger partial charge in [0.2, 0.25) is 0 Å². The van der Waals surface area contributed by atoms with Gasteiger partial charge in [-0.15, -0.1) is 0 Å². The van der Waals surface area contributed by atoms with Crippen LogP contribution in [0.15, 0.2) is 30.3 Å². The summed E-state index contributed by atoms with van der Waals surface area (Å²) in [6.07, 6.45) is 2.14. The number of anilines is 2. The van der Waals surface area contributed by atoms with Gasteiger partial charge in [-0.2, -0.15) is 5.26 Å². The summed E-state index contributed by atoms with van der Waals surface area (Å²) in [5, 5.41) is 11.9. The van der Waals surface area contributed by atoms with E-state index in [1.54, 1.807) is 37.3 Å². The van der Waals surface area contributed by atoms with Gasteiger partial charge in [-0.05, 0) is 25.5 Å². The number of carbonyl (C=O) groups is 1. The van der Waals surface area contributed by atoms with Crippen LogP contribution >= 0.6 is 0 Å². The molecular formula is C18H21N5O. The quantitative estimate of drug-likeness (QED) is 0.883. The molecule has 0 unspecified atom stereocenters. The number of nitrogens with one attached hydrogen (secondary N) is 1. The molecule has 1 aromatic heterocycles. The number of amides is 1. The fourth-order valence-electron chi connectivity index (χ4n) is 2.25. The van der Waals surface area contributed by atoms with Gasteiger partial charge in [-0.25, -0.2) is 9.97 Å². The molecule has 2 rings (SSSR count). The first-order valence-electron chi connectivity index (χ1n) is 7.92. The highest BCUT2D eigenvalue weighted by Crippen LogP contribution is 2.17. The minimum absolute atomic E-state index is 0.286. The lowest BCUT2D eigenvalue weighted by atomic mass is 10.2. The van der Waals surface area contributed by atoms with Crippen molar-refractivity contribution in [3.8, 4) is 6.07 Å². The van der Waals surface area contributed by atoms with Crippen LogP contribution < -0.4 is 10.2 Å². The molecule has 0 aliphatic heterocycles. The molecule has 24 heavy (non-hydrogen) atoms. The van der Waals surface area contributed by atoms with E-state index in [-0.39, 0.29) is 11.6 Å². The van der Waals surface area contributed by atoms with Gasteiger partial charge in [0.05, 0.1) is 11.3 Å². The van der Waals surface area contributed by atoms with Gasteiger partial charge in [0, 0.05) is 19.7 Å². The monoisotopic (exact) mass is 323 g/mol. The molecule has 0 saturated heterocycles. The Morgan fingerprint density at radius 1 is 1.33 bits per heavy atom. The van der Waals surface area contributed by atoms with Gasteiger partial charge >= 0.3 is 0 Å². The van der Waals surface area contributed by atoms with Gasteiger partial charge < -0.3 is 10.2 Å². The molecule has 0 atom stereocenters. The highest BCUT2D eigenvalue weighted by Gasteiger charge is 2.14. The normalized spacial score (nSPS) is 10.1. The third-order valence-electron chi connectivity index (χ3n) is 3.59. The summed E-state index contributed by atoms with van der Waals surface area (Å²) in [6, 6.07) is 10.6. The highest BCUT2D eigenvalue weighted by molar-refractivity contribution is 6.03. The van der Waals surface area contributed by atoms with Gasteiger partial charge in [0.25, 0.3) is 5.91 Å². The first-order valence-corrected chi connectivity index (χ1v) is 7.92. The largest absolute Gasteiger partial charge is 0.360 e. The summed E-state index contributed by atoms with van der Waals surface area (Å²) >= 11 is 0. The summed E-state index contributed by atoms with van der Waals surface area (Å²) < 4.78 is 0. The molecule has 1 N–H and O–H groups in total. The van der Waals surface area contributed by atoms with Gasteiger partial charge in [0.15, 0.2) is 0 Å². The summed E-state index contributed by atoms with van der Waals surface area (Å²) in [7, 11) is 1.95. The Bertz CT molecular complexity index is 766. The van der Waals surface area contributed by atoms with Crippen LogP contribution in [-0.2, 0) is 0 Å². The second-order valence-corrected chi connectivity index (χ2v) is 5.55. The van der Waals surface area contributed by atoms with E-state index in [2.05, 4.69) is 28.3 Å². The van der Waals surface area contributed by atoms with Crippen LogP contribution in [0.4, 0.5) is 11.5 Å². The molecule has 124 valence electrons. The fourth-order valence-corrected chi connectivity index (χ4v) is 2.25. The average Bonchev–Trinajstić information content (AvgIpc) is 2.59. The first kappa shape index (κ1) is 17.4. The van der Waals surface area contributed by atoms with Crippen LogP contribution in [0.3, 0.4) is 0 Å². The Balaban J connectivity index is 2.23. The Hall–Kier alpha value is -2.94. The Morgan fingerprint density at radius 3 is 2.79 bits per heavy atom. The zero-order valence-electron chi connectivity index (χ0n) is 14.2. The summed E-state index contributed by atoms with van der Waals surface area (Å²) in [4.78, 5) is 23.1. The number of nitrogens with zero attached hydrogens (tertiary/aromatic N) is 4. The SMILES string of the molecule is CCCCN(C)c1cc(C(=O)Nc2ccccc2C#N)nc(C)n1. The van der Waals surface area contributed by atoms with Crippen molar-refractivity contribution < 1.29 is 4.79 Å². The van der Waals surface area contributed by atoms with Crippen LogP contribution in [0.2, 0.25) is 0 Å². The maximum atomic E-state index is 12.5. The van der Waals surface area contributed by atoms with E-state index in [1.807, 2.05) is 11.9 Å². The number of benzene rings is 1. The highest BCUT2D eigenvalue weighted by atomic mass is 16.1. The van der Waals surface area contributed by atoms with Crippen LogP contribution in [0.25, 0.3) is 0 Å². The van der Waals surface area contributed by atoms with Crippen molar-refractivity contribution in [2.75, 3.05) is 23.8 Å². The van der Waals surface area contributed by atoms with Gasteiger partial charge in [-0.1, -0.05) is 25.5 Å². The maximum absolute atomic E-state index is 12.5. The number of nitriles is 1. The first-order chi connectivity index (χ1) is 11.5. The number of rotatable bonds is 6. The molecule has 1 amide bonds. The van der Waals surface area contributed by atoms with E-state index in [0.717, 1.165) is 25.2 Å². The van der Waals surface area contributed by atoms with Gasteiger partial charge in [0.1, 0.15) is 23.4 Å². The predicted octanol–water partition coefficient (Wildman–Crippen LogP) is 3.15. The maximum Gasteiger partial charge on any atom is 0.274 e. The Labute approximate surface area is 142 Å². The molecule has 0 spiro atoms. The summed E-state index contributed by atoms with van der Waals surface area (Å²) in [5.41, 5.74) is 1.17. The second kappa shape index (κ2) is 8.06. The number of unbranched alkanes of at least 4 members (excludes halogenated alkanes) is 1. The Morgan fingerprint density at radius 2 is 2.08 bits per heavy atom. The van der Waals surface area contributed by atoms with E-state index < -0.39 is 0 Å². The van der Waals surface area contributed by atoms with Crippen LogP contribution in [0, 0.1) is 18.3 Å². The molecule has 1 heterocycles. The van der Waals surface area contributed by atoms with E-state index in [9.17, 15) is 4.79 Å². The molecular weight excluding hydrogens is 302 g/mol. The lowest BCUT2D eigenvalue weighted by molar-refractivity contribution is 0.102. The van der Waals surface area contributed by atoms with Crippen molar-refractivity contribution in [3.05, 3.63) is 47.4 Å². The minimum Gasteiger partial charge on any atom is -0.360 e. The van der Waals surface area contributed by atoms with Crippen LogP contribution in [0.1, 0.15) is 41.6 Å². The lowest BCUT2D eigenvalue weighted by Crippen LogP contribution is -2.22. The molecule has 6 nitrogen and oxygen atoms in total. The molecule has 0 aliphatic rings. The molecule has 0 fully saturated rings. The molecule has 0 saturated carbocycles. The zero-order chi connectivity index (χ0) is 17.5. The molecule has 1 aromatic carbocycles. The van der Waals surface area contributed by atoms with Gasteiger partial charge in [-0.3, -0.25) is 4.79 Å². The van der Waals surface area contributed by atoms with E-state index in [4.69, 9.17) is 5.26 Å².